The van der Waals surface area contributed by atoms with Gasteiger partial charge in [-0.3, -0.25) is 0 Å². The van der Waals surface area contributed by atoms with Crippen LogP contribution in [-0.2, 0) is 0 Å². The molecule has 2 heterocycles. The first-order valence-electron chi connectivity index (χ1n) is 6.21. The van der Waals surface area contributed by atoms with Crippen molar-refractivity contribution < 1.29 is 0 Å². The Morgan fingerprint density at radius 3 is 2.88 bits per heavy atom. The lowest BCUT2D eigenvalue weighted by Crippen LogP contribution is -2.44. The van der Waals surface area contributed by atoms with Crippen molar-refractivity contribution in [3.8, 4) is 0 Å². The Balaban J connectivity index is 2.00. The number of nitrogens with zero attached hydrogens (tertiary/aromatic N) is 2. The van der Waals surface area contributed by atoms with Crippen molar-refractivity contribution in [1.29, 1.82) is 0 Å². The fraction of sp³-hybridized carbons (Fsp3) is 0.538. The maximum atomic E-state index is 4.42. The molecule has 0 saturated heterocycles. The molecule has 1 N–H and O–H groups in total. The second kappa shape index (κ2) is 3.95. The first-order chi connectivity index (χ1) is 8.24. The minimum Gasteiger partial charge on any atom is -0.363 e. The molecule has 0 atom stereocenters. The predicted molar refractivity (Wildman–Crippen MR) is 72.6 cm³/mol. The van der Waals surface area contributed by atoms with Crippen molar-refractivity contribution in [2.24, 2.45) is 0 Å². The Morgan fingerprint density at radius 1 is 1.41 bits per heavy atom. The molecule has 0 aromatic carbocycles. The van der Waals surface area contributed by atoms with Gasteiger partial charge in [-0.15, -0.1) is 11.3 Å². The van der Waals surface area contributed by atoms with Crippen LogP contribution < -0.4 is 5.32 Å². The molecule has 17 heavy (non-hydrogen) atoms. The van der Waals surface area contributed by atoms with Crippen molar-refractivity contribution in [2.45, 2.75) is 45.1 Å². The molecule has 0 aliphatic heterocycles. The van der Waals surface area contributed by atoms with Crippen LogP contribution in [0.4, 0.5) is 5.82 Å². The first kappa shape index (κ1) is 11.0. The summed E-state index contributed by atoms with van der Waals surface area (Å²) in [5.74, 6) is 1.02. The minimum atomic E-state index is 0.291. The molecule has 3 nitrogen and oxygen atoms in total. The highest BCUT2D eigenvalue weighted by Crippen LogP contribution is 2.39. The average molecular weight is 247 g/mol. The number of thiophene rings is 1. The van der Waals surface area contributed by atoms with E-state index < -0.39 is 0 Å². The number of anilines is 1. The van der Waals surface area contributed by atoms with E-state index in [4.69, 9.17) is 0 Å². The number of hydrogen-bond donors (Lipinski definition) is 1. The molecular formula is C13H17N3S. The highest BCUT2D eigenvalue weighted by atomic mass is 32.1. The third kappa shape index (κ3) is 1.71. The Labute approximate surface area is 105 Å². The van der Waals surface area contributed by atoms with Crippen LogP contribution in [-0.4, -0.2) is 15.5 Å². The first-order valence-corrected chi connectivity index (χ1v) is 7.09. The van der Waals surface area contributed by atoms with Gasteiger partial charge in [0.1, 0.15) is 12.1 Å². The summed E-state index contributed by atoms with van der Waals surface area (Å²) in [5.41, 5.74) is 2.63. The zero-order chi connectivity index (χ0) is 11.9. The van der Waals surface area contributed by atoms with Crippen LogP contribution in [0.2, 0.25) is 0 Å². The van der Waals surface area contributed by atoms with Crippen molar-refractivity contribution in [3.05, 3.63) is 17.3 Å². The summed E-state index contributed by atoms with van der Waals surface area (Å²) in [4.78, 5) is 8.78. The standard InChI is InChI=1S/C13H17N3S/c1-3-13(5-4-6-13)16-12-11-10(14-8-15-12)9(2)7-17-11/h7-8H,3-6H2,1-2H3,(H,14,15,16). The van der Waals surface area contributed by atoms with Gasteiger partial charge in [-0.1, -0.05) is 6.92 Å². The highest BCUT2D eigenvalue weighted by molar-refractivity contribution is 7.18. The van der Waals surface area contributed by atoms with E-state index in [2.05, 4.69) is 34.5 Å². The monoisotopic (exact) mass is 247 g/mol. The number of rotatable bonds is 3. The van der Waals surface area contributed by atoms with Crippen LogP contribution in [0.15, 0.2) is 11.7 Å². The van der Waals surface area contributed by atoms with Gasteiger partial charge in [0, 0.05) is 5.54 Å². The quantitative estimate of drug-likeness (QED) is 0.897. The second-order valence-electron chi connectivity index (χ2n) is 4.93. The van der Waals surface area contributed by atoms with Gasteiger partial charge in [0.05, 0.1) is 10.2 Å². The van der Waals surface area contributed by atoms with Crippen molar-refractivity contribution >= 4 is 27.4 Å². The molecule has 0 amide bonds. The van der Waals surface area contributed by atoms with E-state index in [0.29, 0.717) is 5.54 Å². The molecule has 2 aromatic heterocycles. The number of aromatic nitrogens is 2. The Kier molecular flexibility index (Phi) is 2.54. The molecule has 90 valence electrons. The number of fused-ring (bicyclic) bond motifs is 1. The van der Waals surface area contributed by atoms with Gasteiger partial charge < -0.3 is 5.32 Å². The zero-order valence-electron chi connectivity index (χ0n) is 10.3. The van der Waals surface area contributed by atoms with E-state index in [0.717, 1.165) is 11.3 Å². The van der Waals surface area contributed by atoms with E-state index >= 15 is 0 Å². The molecule has 4 heteroatoms. The van der Waals surface area contributed by atoms with Crippen molar-refractivity contribution in [3.63, 3.8) is 0 Å². The predicted octanol–water partition coefficient (Wildman–Crippen LogP) is 3.74. The zero-order valence-corrected chi connectivity index (χ0v) is 11.1. The Bertz CT molecular complexity index is 537. The fourth-order valence-corrected chi connectivity index (χ4v) is 3.43. The fourth-order valence-electron chi connectivity index (χ4n) is 2.48. The van der Waals surface area contributed by atoms with E-state index in [-0.39, 0.29) is 0 Å². The molecule has 0 unspecified atom stereocenters. The molecule has 0 spiro atoms. The van der Waals surface area contributed by atoms with Gasteiger partial charge >= 0.3 is 0 Å². The van der Waals surface area contributed by atoms with Crippen LogP contribution in [0, 0.1) is 6.92 Å². The summed E-state index contributed by atoms with van der Waals surface area (Å²) >= 11 is 1.74. The molecular weight excluding hydrogens is 230 g/mol. The lowest BCUT2D eigenvalue weighted by molar-refractivity contribution is 0.269. The molecule has 1 aliphatic carbocycles. The van der Waals surface area contributed by atoms with Gasteiger partial charge in [-0.05, 0) is 43.6 Å². The van der Waals surface area contributed by atoms with Crippen LogP contribution in [0.5, 0.6) is 0 Å². The van der Waals surface area contributed by atoms with Crippen LogP contribution in [0.3, 0.4) is 0 Å². The lowest BCUT2D eigenvalue weighted by Gasteiger charge is -2.42. The summed E-state index contributed by atoms with van der Waals surface area (Å²) in [5, 5.41) is 5.81. The summed E-state index contributed by atoms with van der Waals surface area (Å²) in [6.45, 7) is 4.36. The topological polar surface area (TPSA) is 37.8 Å². The maximum absolute atomic E-state index is 4.42. The molecule has 1 fully saturated rings. The Morgan fingerprint density at radius 2 is 2.24 bits per heavy atom. The van der Waals surface area contributed by atoms with E-state index in [9.17, 15) is 0 Å². The van der Waals surface area contributed by atoms with Crippen LogP contribution in [0.25, 0.3) is 10.2 Å². The summed E-state index contributed by atoms with van der Waals surface area (Å²) in [7, 11) is 0. The van der Waals surface area contributed by atoms with Crippen molar-refractivity contribution in [2.75, 3.05) is 5.32 Å². The average Bonchev–Trinajstić information content (AvgIpc) is 2.67. The third-order valence-electron chi connectivity index (χ3n) is 3.90. The second-order valence-corrected chi connectivity index (χ2v) is 5.81. The smallest absolute Gasteiger partial charge is 0.147 e. The molecule has 1 saturated carbocycles. The van der Waals surface area contributed by atoms with Gasteiger partial charge in [0.25, 0.3) is 0 Å². The molecule has 3 rings (SSSR count). The summed E-state index contributed by atoms with van der Waals surface area (Å²) in [6, 6.07) is 0. The van der Waals surface area contributed by atoms with E-state index in [1.807, 2.05) is 0 Å². The Hall–Kier alpha value is -1.16. The van der Waals surface area contributed by atoms with Gasteiger partial charge in [-0.2, -0.15) is 0 Å². The SMILES string of the molecule is CCC1(Nc2ncnc3c(C)csc23)CCC1. The summed E-state index contributed by atoms with van der Waals surface area (Å²) in [6.07, 6.45) is 6.70. The largest absolute Gasteiger partial charge is 0.363 e. The maximum Gasteiger partial charge on any atom is 0.147 e. The summed E-state index contributed by atoms with van der Waals surface area (Å²) < 4.78 is 1.20. The van der Waals surface area contributed by atoms with Gasteiger partial charge in [0.2, 0.25) is 0 Å². The third-order valence-corrected chi connectivity index (χ3v) is 5.00. The molecule has 2 aromatic rings. The number of nitrogens with one attached hydrogen (secondary N) is 1. The van der Waals surface area contributed by atoms with Gasteiger partial charge in [-0.25, -0.2) is 9.97 Å². The van der Waals surface area contributed by atoms with E-state index in [1.54, 1.807) is 17.7 Å². The lowest BCUT2D eigenvalue weighted by atomic mass is 9.75. The molecule has 1 aliphatic rings. The molecule has 0 radical (unpaired) electrons. The number of hydrogen-bond acceptors (Lipinski definition) is 4. The highest BCUT2D eigenvalue weighted by Gasteiger charge is 2.35. The molecule has 0 bridgehead atoms. The van der Waals surface area contributed by atoms with Crippen LogP contribution in [0.1, 0.15) is 38.2 Å². The van der Waals surface area contributed by atoms with Gasteiger partial charge in [0.15, 0.2) is 0 Å². The van der Waals surface area contributed by atoms with E-state index in [1.165, 1.54) is 35.9 Å². The number of aryl methyl sites for hydroxylation is 1. The minimum absolute atomic E-state index is 0.291. The van der Waals surface area contributed by atoms with Crippen LogP contribution >= 0.6 is 11.3 Å². The van der Waals surface area contributed by atoms with Crippen molar-refractivity contribution in [1.82, 2.24) is 9.97 Å². The normalized spacial score (nSPS) is 18.0.